The number of alkyl halides is 3. The summed E-state index contributed by atoms with van der Waals surface area (Å²) in [6.45, 7) is 2.34. The van der Waals surface area contributed by atoms with Gasteiger partial charge in [-0.1, -0.05) is 36.4 Å². The monoisotopic (exact) mass is 418 g/mol. The van der Waals surface area contributed by atoms with Gasteiger partial charge < -0.3 is 9.64 Å². The summed E-state index contributed by atoms with van der Waals surface area (Å²) >= 11 is 0. The van der Waals surface area contributed by atoms with E-state index in [0.29, 0.717) is 44.8 Å². The van der Waals surface area contributed by atoms with Crippen LogP contribution in [0.1, 0.15) is 30.4 Å². The molecular formula is C23H25F3N2O2. The van der Waals surface area contributed by atoms with E-state index in [1.54, 1.807) is 11.0 Å². The number of benzene rings is 2. The van der Waals surface area contributed by atoms with Crippen molar-refractivity contribution in [1.82, 2.24) is 4.90 Å². The second kappa shape index (κ2) is 8.40. The average Bonchev–Trinajstić information content (AvgIpc) is 2.88. The first-order valence-electron chi connectivity index (χ1n) is 10.3. The molecule has 1 amide bonds. The van der Waals surface area contributed by atoms with Gasteiger partial charge in [-0.25, -0.2) is 0 Å². The summed E-state index contributed by atoms with van der Waals surface area (Å²) in [5, 5.41) is 0. The van der Waals surface area contributed by atoms with E-state index in [4.69, 9.17) is 4.74 Å². The summed E-state index contributed by atoms with van der Waals surface area (Å²) in [5.74, 6) is -0.0556. The minimum Gasteiger partial charge on any atom is -0.362 e. The molecule has 2 fully saturated rings. The van der Waals surface area contributed by atoms with Gasteiger partial charge in [0, 0.05) is 31.9 Å². The van der Waals surface area contributed by atoms with Crippen molar-refractivity contribution in [2.24, 2.45) is 0 Å². The summed E-state index contributed by atoms with van der Waals surface area (Å²) in [4.78, 5) is 17.4. The Hall–Kier alpha value is -2.38. The van der Waals surface area contributed by atoms with Gasteiger partial charge in [0.1, 0.15) is 0 Å². The molecule has 0 aliphatic carbocycles. The van der Waals surface area contributed by atoms with E-state index in [1.807, 2.05) is 35.2 Å². The van der Waals surface area contributed by atoms with Gasteiger partial charge in [-0.05, 0) is 43.0 Å². The van der Waals surface area contributed by atoms with Gasteiger partial charge >= 0.3 is 6.18 Å². The largest absolute Gasteiger partial charge is 0.416 e. The Morgan fingerprint density at radius 1 is 1.00 bits per heavy atom. The van der Waals surface area contributed by atoms with E-state index in [1.165, 1.54) is 12.1 Å². The van der Waals surface area contributed by atoms with Crippen LogP contribution < -0.4 is 4.90 Å². The number of nitrogens with zero attached hydrogens (tertiary/aromatic N) is 2. The Balaban J connectivity index is 1.54. The second-order valence-electron chi connectivity index (χ2n) is 8.00. The third-order valence-electron chi connectivity index (χ3n) is 5.84. The number of hydrogen-bond acceptors (Lipinski definition) is 3. The predicted molar refractivity (Wildman–Crippen MR) is 108 cm³/mol. The molecule has 0 radical (unpaired) electrons. The van der Waals surface area contributed by atoms with Crippen LogP contribution in [0, 0.1) is 0 Å². The molecular weight excluding hydrogens is 393 g/mol. The molecule has 1 unspecified atom stereocenters. The minimum absolute atomic E-state index is 0.0556. The molecule has 2 heterocycles. The molecule has 0 saturated carbocycles. The molecule has 2 aliphatic heterocycles. The van der Waals surface area contributed by atoms with Crippen molar-refractivity contribution in [2.75, 3.05) is 31.1 Å². The molecule has 4 nitrogen and oxygen atoms in total. The van der Waals surface area contributed by atoms with Crippen LogP contribution in [0.3, 0.4) is 0 Å². The van der Waals surface area contributed by atoms with E-state index < -0.39 is 17.3 Å². The number of carbonyl (C=O) groups excluding carboxylic acids is 1. The van der Waals surface area contributed by atoms with Crippen LogP contribution in [-0.2, 0) is 22.3 Å². The van der Waals surface area contributed by atoms with Crippen molar-refractivity contribution in [2.45, 2.75) is 37.6 Å². The number of amides is 1. The quantitative estimate of drug-likeness (QED) is 0.736. The number of halogens is 3. The number of hydrogen-bond donors (Lipinski definition) is 0. The normalized spacial score (nSPS) is 23.6. The van der Waals surface area contributed by atoms with Gasteiger partial charge in [0.05, 0.1) is 12.2 Å². The first-order valence-corrected chi connectivity index (χ1v) is 10.3. The first-order chi connectivity index (χ1) is 14.4. The van der Waals surface area contributed by atoms with E-state index >= 15 is 0 Å². The summed E-state index contributed by atoms with van der Waals surface area (Å²) in [5.41, 5.74) is -0.166. The van der Waals surface area contributed by atoms with Crippen LogP contribution in [0.4, 0.5) is 18.9 Å². The van der Waals surface area contributed by atoms with E-state index in [9.17, 15) is 18.0 Å². The number of rotatable bonds is 3. The highest BCUT2D eigenvalue weighted by molar-refractivity contribution is 6.00. The number of ether oxygens (including phenoxy) is 1. The average molecular weight is 418 g/mol. The molecule has 0 N–H and O–H groups in total. The number of para-hydroxylation sites is 1. The highest BCUT2D eigenvalue weighted by atomic mass is 19.4. The Morgan fingerprint density at radius 2 is 1.80 bits per heavy atom. The van der Waals surface area contributed by atoms with Gasteiger partial charge in [0.15, 0.2) is 5.60 Å². The zero-order chi connectivity index (χ0) is 21.2. The summed E-state index contributed by atoms with van der Waals surface area (Å²) < 4.78 is 45.2. The summed E-state index contributed by atoms with van der Waals surface area (Å²) in [7, 11) is 0. The highest BCUT2D eigenvalue weighted by Crippen LogP contribution is 2.33. The SMILES string of the molecule is O=C1N(c2ccccc2)CCCCC12CN(Cc1cccc(C(F)(F)F)c1)CCO2. The molecule has 7 heteroatoms. The van der Waals surface area contributed by atoms with Crippen LogP contribution in [0.5, 0.6) is 0 Å². The lowest BCUT2D eigenvalue weighted by Gasteiger charge is -2.42. The lowest BCUT2D eigenvalue weighted by molar-refractivity contribution is -0.158. The van der Waals surface area contributed by atoms with E-state index in [-0.39, 0.29) is 5.91 Å². The predicted octanol–water partition coefficient (Wildman–Crippen LogP) is 4.49. The number of anilines is 1. The molecule has 0 aromatic heterocycles. The maximum Gasteiger partial charge on any atom is 0.416 e. The van der Waals surface area contributed by atoms with Crippen molar-refractivity contribution in [3.05, 3.63) is 65.7 Å². The van der Waals surface area contributed by atoms with Crippen LogP contribution >= 0.6 is 0 Å². The highest BCUT2D eigenvalue weighted by Gasteiger charge is 2.47. The fraction of sp³-hybridized carbons (Fsp3) is 0.435. The summed E-state index contributed by atoms with van der Waals surface area (Å²) in [6.07, 6.45) is -1.99. The molecule has 4 rings (SSSR count). The van der Waals surface area contributed by atoms with Crippen molar-refractivity contribution >= 4 is 11.6 Å². The molecule has 0 bridgehead atoms. The fourth-order valence-corrected chi connectivity index (χ4v) is 4.36. The Morgan fingerprint density at radius 3 is 2.57 bits per heavy atom. The van der Waals surface area contributed by atoms with Gasteiger partial charge in [-0.2, -0.15) is 13.2 Å². The minimum atomic E-state index is -4.37. The van der Waals surface area contributed by atoms with Crippen LogP contribution in [-0.4, -0.2) is 42.6 Å². The lowest BCUT2D eigenvalue weighted by atomic mass is 9.93. The zero-order valence-corrected chi connectivity index (χ0v) is 16.7. The molecule has 1 spiro atoms. The van der Waals surface area contributed by atoms with E-state index in [0.717, 1.165) is 24.6 Å². The van der Waals surface area contributed by atoms with Gasteiger partial charge in [-0.15, -0.1) is 0 Å². The Kier molecular flexibility index (Phi) is 5.84. The van der Waals surface area contributed by atoms with Crippen LogP contribution in [0.25, 0.3) is 0 Å². The number of carbonyl (C=O) groups is 1. The maximum atomic E-state index is 13.5. The Labute approximate surface area is 174 Å². The third-order valence-corrected chi connectivity index (χ3v) is 5.84. The molecule has 2 aliphatic rings. The molecule has 1 atom stereocenters. The van der Waals surface area contributed by atoms with Crippen molar-refractivity contribution < 1.29 is 22.7 Å². The van der Waals surface area contributed by atoms with Gasteiger partial charge in [0.2, 0.25) is 0 Å². The summed E-state index contributed by atoms with van der Waals surface area (Å²) in [6, 6.07) is 15.0. The Bertz CT molecular complexity index is 888. The van der Waals surface area contributed by atoms with Gasteiger partial charge in [0.25, 0.3) is 5.91 Å². The molecule has 2 aromatic carbocycles. The lowest BCUT2D eigenvalue weighted by Crippen LogP contribution is -2.59. The topological polar surface area (TPSA) is 32.8 Å². The standard InChI is InChI=1S/C23H25F3N2O2/c24-23(25,26)19-8-6-7-18(15-19)16-27-13-14-30-22(17-27)11-4-5-12-28(21(22)29)20-9-2-1-3-10-20/h1-3,6-10,15H,4-5,11-14,16-17H2. The molecule has 30 heavy (non-hydrogen) atoms. The molecule has 2 saturated heterocycles. The second-order valence-corrected chi connectivity index (χ2v) is 8.00. The number of morpholine rings is 1. The van der Waals surface area contributed by atoms with Crippen LogP contribution in [0.15, 0.2) is 54.6 Å². The first kappa shape index (κ1) is 20.9. The van der Waals surface area contributed by atoms with Crippen molar-refractivity contribution in [3.8, 4) is 0 Å². The van der Waals surface area contributed by atoms with Crippen molar-refractivity contribution in [3.63, 3.8) is 0 Å². The maximum absolute atomic E-state index is 13.5. The van der Waals surface area contributed by atoms with Gasteiger partial charge in [-0.3, -0.25) is 9.69 Å². The third kappa shape index (κ3) is 4.37. The zero-order valence-electron chi connectivity index (χ0n) is 16.7. The van der Waals surface area contributed by atoms with Crippen molar-refractivity contribution in [1.29, 1.82) is 0 Å². The van der Waals surface area contributed by atoms with E-state index in [2.05, 4.69) is 0 Å². The molecule has 160 valence electrons. The van der Waals surface area contributed by atoms with Crippen LogP contribution in [0.2, 0.25) is 0 Å². The molecule has 2 aromatic rings. The smallest absolute Gasteiger partial charge is 0.362 e. The fourth-order valence-electron chi connectivity index (χ4n) is 4.36.